The van der Waals surface area contributed by atoms with Crippen LogP contribution in [0.3, 0.4) is 0 Å². The van der Waals surface area contributed by atoms with E-state index < -0.39 is 5.91 Å². The molecule has 7 heteroatoms. The molecule has 0 bridgehead atoms. The molecule has 0 aliphatic heterocycles. The smallest absolute Gasteiger partial charge is 0.266 e. The molecule has 1 amide bonds. The Bertz CT molecular complexity index is 1260. The van der Waals surface area contributed by atoms with Gasteiger partial charge in [0.1, 0.15) is 18.2 Å². The second-order valence-corrected chi connectivity index (χ2v) is 8.13. The van der Waals surface area contributed by atoms with E-state index in [1.54, 1.807) is 42.5 Å². The second-order valence-electron chi connectivity index (χ2n) is 7.25. The number of allylic oxidation sites excluding steroid dienone is 1. The molecular formula is C27H22Cl2N2O3. The van der Waals surface area contributed by atoms with Gasteiger partial charge in [0.2, 0.25) is 0 Å². The molecule has 3 aromatic rings. The van der Waals surface area contributed by atoms with Crippen molar-refractivity contribution in [1.29, 1.82) is 5.26 Å². The molecule has 0 radical (unpaired) electrons. The van der Waals surface area contributed by atoms with Gasteiger partial charge >= 0.3 is 0 Å². The number of nitriles is 1. The zero-order chi connectivity index (χ0) is 24.5. The van der Waals surface area contributed by atoms with Crippen LogP contribution in [0, 0.1) is 11.3 Å². The summed E-state index contributed by atoms with van der Waals surface area (Å²) in [5.74, 6) is 0.502. The van der Waals surface area contributed by atoms with Crippen LogP contribution >= 0.6 is 23.2 Å². The predicted molar refractivity (Wildman–Crippen MR) is 136 cm³/mol. The zero-order valence-corrected chi connectivity index (χ0v) is 20.0. The van der Waals surface area contributed by atoms with Crippen LogP contribution in [0.15, 0.2) is 78.9 Å². The van der Waals surface area contributed by atoms with Crippen LogP contribution in [0.2, 0.25) is 10.0 Å². The van der Waals surface area contributed by atoms with Crippen molar-refractivity contribution in [2.45, 2.75) is 13.0 Å². The number of hydrogen-bond donors (Lipinski definition) is 1. The fraction of sp³-hybridized carbons (Fsp3) is 0.111. The number of carbonyl (C=O) groups excluding carboxylic acids is 1. The molecule has 3 rings (SSSR count). The van der Waals surface area contributed by atoms with Crippen LogP contribution in [-0.2, 0) is 17.8 Å². The molecule has 0 aromatic heterocycles. The van der Waals surface area contributed by atoms with E-state index in [1.807, 2.05) is 30.3 Å². The van der Waals surface area contributed by atoms with Gasteiger partial charge in [0.25, 0.3) is 5.91 Å². The van der Waals surface area contributed by atoms with Crippen molar-refractivity contribution in [3.63, 3.8) is 0 Å². The minimum absolute atomic E-state index is 0.0610. The number of ether oxygens (including phenoxy) is 2. The van der Waals surface area contributed by atoms with E-state index in [0.29, 0.717) is 45.8 Å². The van der Waals surface area contributed by atoms with Gasteiger partial charge in [0.15, 0.2) is 11.5 Å². The highest BCUT2D eigenvalue weighted by Gasteiger charge is 2.15. The Balaban J connectivity index is 1.89. The lowest BCUT2D eigenvalue weighted by Crippen LogP contribution is -2.13. The van der Waals surface area contributed by atoms with Crippen molar-refractivity contribution in [3.05, 3.63) is 106 Å². The first-order valence-corrected chi connectivity index (χ1v) is 11.1. The highest BCUT2D eigenvalue weighted by atomic mass is 35.5. The summed E-state index contributed by atoms with van der Waals surface area (Å²) in [4.78, 5) is 12.6. The molecule has 0 saturated carbocycles. The summed E-state index contributed by atoms with van der Waals surface area (Å²) in [5, 5.41) is 13.5. The van der Waals surface area contributed by atoms with Gasteiger partial charge in [-0.3, -0.25) is 4.79 Å². The molecular weight excluding hydrogens is 471 g/mol. The highest BCUT2D eigenvalue weighted by Crippen LogP contribution is 2.35. The van der Waals surface area contributed by atoms with E-state index in [0.717, 1.165) is 11.1 Å². The number of rotatable bonds is 9. The van der Waals surface area contributed by atoms with Gasteiger partial charge in [-0.25, -0.2) is 0 Å². The number of hydrogen-bond acceptors (Lipinski definition) is 4. The van der Waals surface area contributed by atoms with Gasteiger partial charge in [-0.2, -0.15) is 5.26 Å². The van der Waals surface area contributed by atoms with Crippen LogP contribution in [0.4, 0.5) is 5.69 Å². The van der Waals surface area contributed by atoms with Crippen LogP contribution in [-0.4, -0.2) is 13.0 Å². The number of benzene rings is 3. The summed E-state index contributed by atoms with van der Waals surface area (Å²) in [6.07, 6.45) is 3.75. The van der Waals surface area contributed by atoms with Crippen LogP contribution in [0.5, 0.6) is 11.5 Å². The average molecular weight is 493 g/mol. The van der Waals surface area contributed by atoms with E-state index in [4.69, 9.17) is 32.7 Å². The maximum absolute atomic E-state index is 12.6. The quantitative estimate of drug-likeness (QED) is 0.201. The minimum atomic E-state index is -0.532. The topological polar surface area (TPSA) is 71.4 Å². The first-order valence-electron chi connectivity index (χ1n) is 10.3. The van der Waals surface area contributed by atoms with Crippen LogP contribution < -0.4 is 14.8 Å². The molecule has 1 N–H and O–H groups in total. The van der Waals surface area contributed by atoms with E-state index >= 15 is 0 Å². The highest BCUT2D eigenvalue weighted by molar-refractivity contribution is 6.31. The average Bonchev–Trinajstić information content (AvgIpc) is 2.83. The number of anilines is 1. The fourth-order valence-corrected chi connectivity index (χ4v) is 3.56. The van der Waals surface area contributed by atoms with Gasteiger partial charge in [0.05, 0.1) is 7.11 Å². The molecule has 3 aromatic carbocycles. The van der Waals surface area contributed by atoms with Crippen LogP contribution in [0.25, 0.3) is 6.08 Å². The number of nitrogens with one attached hydrogen (secondary N) is 1. The maximum Gasteiger partial charge on any atom is 0.266 e. The lowest BCUT2D eigenvalue weighted by atomic mass is 10.0. The molecule has 34 heavy (non-hydrogen) atoms. The van der Waals surface area contributed by atoms with Gasteiger partial charge in [-0.05, 0) is 72.2 Å². The Labute approximate surface area is 208 Å². The second kappa shape index (κ2) is 11.9. The summed E-state index contributed by atoms with van der Waals surface area (Å²) >= 11 is 11.9. The van der Waals surface area contributed by atoms with E-state index in [2.05, 4.69) is 11.9 Å². The van der Waals surface area contributed by atoms with Crippen molar-refractivity contribution in [3.8, 4) is 17.6 Å². The minimum Gasteiger partial charge on any atom is -0.493 e. The monoisotopic (exact) mass is 492 g/mol. The third kappa shape index (κ3) is 6.64. The molecule has 0 aliphatic carbocycles. The molecule has 5 nitrogen and oxygen atoms in total. The molecule has 0 fully saturated rings. The Morgan fingerprint density at radius 2 is 1.88 bits per heavy atom. The van der Waals surface area contributed by atoms with Crippen molar-refractivity contribution >= 4 is 40.9 Å². The molecule has 172 valence electrons. The molecule has 0 atom stereocenters. The zero-order valence-electron chi connectivity index (χ0n) is 18.5. The van der Waals surface area contributed by atoms with Crippen molar-refractivity contribution in [2.75, 3.05) is 12.4 Å². The van der Waals surface area contributed by atoms with Gasteiger partial charge in [-0.1, -0.05) is 41.4 Å². The van der Waals surface area contributed by atoms with Crippen LogP contribution in [0.1, 0.15) is 16.7 Å². The molecule has 0 saturated heterocycles. The van der Waals surface area contributed by atoms with Gasteiger partial charge < -0.3 is 14.8 Å². The predicted octanol–water partition coefficient (Wildman–Crippen LogP) is 6.86. The lowest BCUT2D eigenvalue weighted by molar-refractivity contribution is -0.112. The summed E-state index contributed by atoms with van der Waals surface area (Å²) in [7, 11) is 1.53. The van der Waals surface area contributed by atoms with Crippen molar-refractivity contribution < 1.29 is 14.3 Å². The number of halogens is 2. The van der Waals surface area contributed by atoms with Crippen molar-refractivity contribution in [1.82, 2.24) is 0 Å². The summed E-state index contributed by atoms with van der Waals surface area (Å²) < 4.78 is 11.6. The van der Waals surface area contributed by atoms with Gasteiger partial charge in [-0.15, -0.1) is 6.58 Å². The SMILES string of the molecule is C=CCc1cc(/C=C(\C#N)C(=O)Nc2ccc(Cl)cc2)cc(OC)c1OCc1cccc(Cl)c1. The summed E-state index contributed by atoms with van der Waals surface area (Å²) in [6.45, 7) is 4.11. The molecule has 0 spiro atoms. The Morgan fingerprint density at radius 1 is 1.12 bits per heavy atom. The van der Waals surface area contributed by atoms with Crippen molar-refractivity contribution in [2.24, 2.45) is 0 Å². The lowest BCUT2D eigenvalue weighted by Gasteiger charge is -2.16. The van der Waals surface area contributed by atoms with Gasteiger partial charge in [0, 0.05) is 21.3 Å². The maximum atomic E-state index is 12.6. The molecule has 0 aliphatic rings. The Morgan fingerprint density at radius 3 is 2.53 bits per heavy atom. The number of carbonyl (C=O) groups is 1. The molecule has 0 heterocycles. The van der Waals surface area contributed by atoms with E-state index in [1.165, 1.54) is 13.2 Å². The Kier molecular flexibility index (Phi) is 8.75. The summed E-state index contributed by atoms with van der Waals surface area (Å²) in [5.41, 5.74) is 2.80. The number of nitrogens with zero attached hydrogens (tertiary/aromatic N) is 1. The normalized spacial score (nSPS) is 10.8. The fourth-order valence-electron chi connectivity index (χ4n) is 3.22. The van der Waals surface area contributed by atoms with E-state index in [-0.39, 0.29) is 5.57 Å². The summed E-state index contributed by atoms with van der Waals surface area (Å²) in [6, 6.07) is 19.5. The Hall–Kier alpha value is -3.72. The number of amides is 1. The van der Waals surface area contributed by atoms with E-state index in [9.17, 15) is 10.1 Å². The third-order valence-electron chi connectivity index (χ3n) is 4.79. The largest absolute Gasteiger partial charge is 0.493 e. The number of methoxy groups -OCH3 is 1. The first-order chi connectivity index (χ1) is 16.4. The molecule has 0 unspecified atom stereocenters. The third-order valence-corrected chi connectivity index (χ3v) is 5.28. The standard InChI is InChI=1S/C27H22Cl2N2O3/c1-3-5-20-12-19(13-21(16-30)27(32)31-24-10-8-22(28)9-11-24)15-25(33-2)26(20)34-17-18-6-4-7-23(29)14-18/h3-4,6-15H,1,5,17H2,2H3,(H,31,32)/b21-13+. The first kappa shape index (κ1) is 24.9.